The topological polar surface area (TPSA) is 89.8 Å². The number of thiocarbonyl (C=S) groups is 1. The highest BCUT2D eigenvalue weighted by Gasteiger charge is 2.38. The Kier molecular flexibility index (Phi) is 5.12. The summed E-state index contributed by atoms with van der Waals surface area (Å²) in [6.07, 6.45) is 1.51. The molecule has 2 rings (SSSR count). The van der Waals surface area contributed by atoms with Crippen molar-refractivity contribution >= 4 is 51.9 Å². The second-order valence-electron chi connectivity index (χ2n) is 4.60. The molecule has 120 valence electrons. The minimum Gasteiger partial charge on any atom is -0.467 e. The van der Waals surface area contributed by atoms with Gasteiger partial charge in [-0.25, -0.2) is 4.79 Å². The van der Waals surface area contributed by atoms with Gasteiger partial charge in [0.1, 0.15) is 10.4 Å². The predicted octanol–water partition coefficient (Wildman–Crippen LogP) is 2.36. The van der Waals surface area contributed by atoms with Crippen molar-refractivity contribution in [2.24, 2.45) is 0 Å². The van der Waals surface area contributed by atoms with E-state index in [4.69, 9.17) is 12.2 Å². The van der Waals surface area contributed by atoms with Crippen LogP contribution < -0.4 is 0 Å². The lowest BCUT2D eigenvalue weighted by atomic mass is 10.2. The van der Waals surface area contributed by atoms with Crippen LogP contribution in [0.1, 0.15) is 12.5 Å². The molecular weight excluding hydrogens is 340 g/mol. The second kappa shape index (κ2) is 6.88. The number of nitro groups is 1. The van der Waals surface area contributed by atoms with Crippen molar-refractivity contribution < 1.29 is 19.2 Å². The fourth-order valence-corrected chi connectivity index (χ4v) is 3.39. The Bertz CT molecular complexity index is 732. The summed E-state index contributed by atoms with van der Waals surface area (Å²) in [5, 5.41) is 10.8. The molecule has 1 heterocycles. The van der Waals surface area contributed by atoms with Crippen LogP contribution in [-0.4, -0.2) is 39.2 Å². The normalized spacial score (nSPS) is 17.5. The highest BCUT2D eigenvalue weighted by Crippen LogP contribution is 2.34. The predicted molar refractivity (Wildman–Crippen MR) is 89.6 cm³/mol. The molecule has 1 amide bonds. The van der Waals surface area contributed by atoms with Crippen molar-refractivity contribution in [1.29, 1.82) is 0 Å². The standard InChI is InChI=1S/C14H12N2O5S2/c1-8(13(18)21-2)15-12(17)11(23-14(15)22)7-9-4-3-5-10(6-9)16(19)20/h3-8H,1-2H3/b11-7+/t8-/m1/s1. The summed E-state index contributed by atoms with van der Waals surface area (Å²) in [4.78, 5) is 35.8. The highest BCUT2D eigenvalue weighted by atomic mass is 32.2. The summed E-state index contributed by atoms with van der Waals surface area (Å²) < 4.78 is 4.86. The summed E-state index contributed by atoms with van der Waals surface area (Å²) in [6, 6.07) is 5.06. The highest BCUT2D eigenvalue weighted by molar-refractivity contribution is 8.26. The van der Waals surface area contributed by atoms with Crippen LogP contribution in [-0.2, 0) is 14.3 Å². The molecule has 0 radical (unpaired) electrons. The average Bonchev–Trinajstić information content (AvgIpc) is 2.80. The number of carbonyl (C=O) groups is 2. The van der Waals surface area contributed by atoms with Gasteiger partial charge in [-0.3, -0.25) is 19.8 Å². The molecule has 1 atom stereocenters. The minimum absolute atomic E-state index is 0.0721. The first kappa shape index (κ1) is 17.1. The molecule has 0 aromatic heterocycles. The second-order valence-corrected chi connectivity index (χ2v) is 6.28. The van der Waals surface area contributed by atoms with Crippen LogP contribution >= 0.6 is 24.0 Å². The van der Waals surface area contributed by atoms with Crippen molar-refractivity contribution in [2.45, 2.75) is 13.0 Å². The van der Waals surface area contributed by atoms with Gasteiger partial charge in [0.2, 0.25) is 0 Å². The van der Waals surface area contributed by atoms with E-state index >= 15 is 0 Å². The quantitative estimate of drug-likeness (QED) is 0.270. The van der Waals surface area contributed by atoms with Gasteiger partial charge in [-0.1, -0.05) is 36.1 Å². The van der Waals surface area contributed by atoms with Crippen molar-refractivity contribution in [1.82, 2.24) is 4.90 Å². The first-order valence-electron chi connectivity index (χ1n) is 6.44. The fraction of sp³-hybridized carbons (Fsp3) is 0.214. The van der Waals surface area contributed by atoms with Gasteiger partial charge in [0.25, 0.3) is 11.6 Å². The van der Waals surface area contributed by atoms with Crippen molar-refractivity contribution in [3.8, 4) is 0 Å². The Hall–Kier alpha value is -2.26. The largest absolute Gasteiger partial charge is 0.467 e. The number of hydrogen-bond donors (Lipinski definition) is 0. The maximum Gasteiger partial charge on any atom is 0.328 e. The van der Waals surface area contributed by atoms with E-state index in [1.54, 1.807) is 6.07 Å². The number of non-ortho nitro benzene ring substituents is 1. The van der Waals surface area contributed by atoms with Gasteiger partial charge < -0.3 is 4.74 Å². The molecule has 0 saturated carbocycles. The van der Waals surface area contributed by atoms with Crippen molar-refractivity contribution in [2.75, 3.05) is 7.11 Å². The zero-order valence-electron chi connectivity index (χ0n) is 12.2. The number of methoxy groups -OCH3 is 1. The van der Waals surface area contributed by atoms with Crippen LogP contribution in [0.25, 0.3) is 6.08 Å². The summed E-state index contributed by atoms with van der Waals surface area (Å²) in [5.74, 6) is -0.998. The molecule has 0 N–H and O–H groups in total. The Labute approximate surface area is 141 Å². The first-order chi connectivity index (χ1) is 10.8. The molecule has 7 nitrogen and oxygen atoms in total. The number of nitro benzene ring substituents is 1. The van der Waals surface area contributed by atoms with E-state index in [0.29, 0.717) is 10.5 Å². The number of thioether (sulfide) groups is 1. The van der Waals surface area contributed by atoms with Gasteiger partial charge in [-0.15, -0.1) is 0 Å². The van der Waals surface area contributed by atoms with E-state index in [1.165, 1.54) is 43.2 Å². The van der Waals surface area contributed by atoms with Crippen molar-refractivity contribution in [3.63, 3.8) is 0 Å². The third kappa shape index (κ3) is 3.57. The molecule has 0 bridgehead atoms. The Morgan fingerprint density at radius 1 is 1.52 bits per heavy atom. The molecule has 1 aromatic rings. The smallest absolute Gasteiger partial charge is 0.328 e. The van der Waals surface area contributed by atoms with Crippen LogP contribution in [0.4, 0.5) is 5.69 Å². The van der Waals surface area contributed by atoms with E-state index in [1.807, 2.05) is 0 Å². The monoisotopic (exact) mass is 352 g/mol. The van der Waals surface area contributed by atoms with Gasteiger partial charge in [0, 0.05) is 12.1 Å². The zero-order valence-corrected chi connectivity index (χ0v) is 13.8. The summed E-state index contributed by atoms with van der Waals surface area (Å²) in [6.45, 7) is 1.52. The van der Waals surface area contributed by atoms with E-state index in [9.17, 15) is 19.7 Å². The van der Waals surface area contributed by atoms with E-state index in [0.717, 1.165) is 11.8 Å². The molecule has 23 heavy (non-hydrogen) atoms. The van der Waals surface area contributed by atoms with E-state index in [-0.39, 0.29) is 10.0 Å². The van der Waals surface area contributed by atoms with Crippen LogP contribution in [0.5, 0.6) is 0 Å². The fourth-order valence-electron chi connectivity index (χ4n) is 1.97. The first-order valence-corrected chi connectivity index (χ1v) is 7.67. The van der Waals surface area contributed by atoms with Crippen LogP contribution in [0.3, 0.4) is 0 Å². The third-order valence-electron chi connectivity index (χ3n) is 3.13. The number of amides is 1. The number of rotatable bonds is 4. The summed E-state index contributed by atoms with van der Waals surface area (Å²) in [5.41, 5.74) is 0.433. The third-order valence-corrected chi connectivity index (χ3v) is 4.46. The minimum atomic E-state index is -0.830. The molecule has 1 saturated heterocycles. The molecule has 0 aliphatic carbocycles. The van der Waals surface area contributed by atoms with Crippen LogP contribution in [0.15, 0.2) is 29.2 Å². The lowest BCUT2D eigenvalue weighted by Gasteiger charge is -2.20. The van der Waals surface area contributed by atoms with Gasteiger partial charge in [-0.05, 0) is 18.6 Å². The molecule has 1 aliphatic heterocycles. The Morgan fingerprint density at radius 2 is 2.22 bits per heavy atom. The van der Waals surface area contributed by atoms with Gasteiger partial charge in [0.15, 0.2) is 0 Å². The summed E-state index contributed by atoms with van der Waals surface area (Å²) in [7, 11) is 1.23. The maximum atomic E-state index is 12.4. The lowest BCUT2D eigenvalue weighted by molar-refractivity contribution is -0.384. The number of hydrogen-bond acceptors (Lipinski definition) is 7. The average molecular weight is 352 g/mol. The molecule has 1 aromatic carbocycles. The van der Waals surface area contributed by atoms with E-state index < -0.39 is 22.8 Å². The van der Waals surface area contributed by atoms with Crippen LogP contribution in [0, 0.1) is 10.1 Å². The Morgan fingerprint density at radius 3 is 2.83 bits per heavy atom. The number of ether oxygens (including phenoxy) is 1. The van der Waals surface area contributed by atoms with Crippen molar-refractivity contribution in [3.05, 3.63) is 44.8 Å². The van der Waals surface area contributed by atoms with Crippen LogP contribution in [0.2, 0.25) is 0 Å². The van der Waals surface area contributed by atoms with E-state index in [2.05, 4.69) is 4.74 Å². The molecule has 0 unspecified atom stereocenters. The number of esters is 1. The van der Waals surface area contributed by atoms with Gasteiger partial charge in [0.05, 0.1) is 16.9 Å². The SMILES string of the molecule is COC(=O)[C@@H](C)N1C(=O)/C(=C\c2cccc([N+](=O)[O-])c2)SC1=S. The molecule has 9 heteroatoms. The van der Waals surface area contributed by atoms with Gasteiger partial charge in [-0.2, -0.15) is 0 Å². The number of benzene rings is 1. The zero-order chi connectivity index (χ0) is 17.1. The van der Waals surface area contributed by atoms with Gasteiger partial charge >= 0.3 is 5.97 Å². The maximum absolute atomic E-state index is 12.4. The molecule has 0 spiro atoms. The molecule has 1 fully saturated rings. The Balaban J connectivity index is 2.30. The molecular formula is C14H12N2O5S2. The number of nitrogens with zero attached hydrogens (tertiary/aromatic N) is 2. The summed E-state index contributed by atoms with van der Waals surface area (Å²) >= 11 is 6.17. The molecule has 1 aliphatic rings. The number of carbonyl (C=O) groups excluding carboxylic acids is 2. The lowest BCUT2D eigenvalue weighted by Crippen LogP contribution is -2.42.